The third-order valence-corrected chi connectivity index (χ3v) is 2.81. The second-order valence-electron chi connectivity index (χ2n) is 4.42. The molecule has 0 aliphatic rings. The number of aliphatic hydroxyl groups excluding tert-OH is 1. The minimum absolute atomic E-state index is 0.0907. The van der Waals surface area contributed by atoms with Gasteiger partial charge in [-0.25, -0.2) is 4.39 Å². The fourth-order valence-electron chi connectivity index (χ4n) is 1.78. The molecule has 20 heavy (non-hydrogen) atoms. The van der Waals surface area contributed by atoms with E-state index in [1.54, 1.807) is 13.0 Å². The van der Waals surface area contributed by atoms with Gasteiger partial charge in [0, 0.05) is 11.6 Å². The molecule has 0 bridgehead atoms. The van der Waals surface area contributed by atoms with Gasteiger partial charge in [0.2, 0.25) is 0 Å². The van der Waals surface area contributed by atoms with Crippen molar-refractivity contribution in [3.05, 3.63) is 71.0 Å². The summed E-state index contributed by atoms with van der Waals surface area (Å²) in [5.74, 6) is -1.57. The molecule has 2 rings (SSSR count). The number of phenols is 1. The summed E-state index contributed by atoms with van der Waals surface area (Å²) in [5, 5.41) is 19.5. The Morgan fingerprint density at radius 2 is 1.95 bits per heavy atom. The summed E-state index contributed by atoms with van der Waals surface area (Å²) >= 11 is 0. The molecule has 0 aliphatic heterocycles. The zero-order chi connectivity index (χ0) is 14.7. The normalized spacial score (nSPS) is 11.4. The van der Waals surface area contributed by atoms with Gasteiger partial charge < -0.3 is 10.2 Å². The molecule has 0 unspecified atom stereocenters. The van der Waals surface area contributed by atoms with Crippen molar-refractivity contribution >= 4 is 11.5 Å². The van der Waals surface area contributed by atoms with E-state index in [1.807, 2.05) is 0 Å². The Bertz CT molecular complexity index is 690. The van der Waals surface area contributed by atoms with E-state index < -0.39 is 11.6 Å². The van der Waals surface area contributed by atoms with Crippen LogP contribution in [0.15, 0.2) is 48.5 Å². The van der Waals surface area contributed by atoms with E-state index in [1.165, 1.54) is 30.3 Å². The number of hydrogen-bond donors (Lipinski definition) is 2. The molecule has 0 heterocycles. The Hall–Kier alpha value is -2.62. The molecule has 3 nitrogen and oxygen atoms in total. The maximum atomic E-state index is 13.0. The van der Waals surface area contributed by atoms with Gasteiger partial charge in [-0.2, -0.15) is 0 Å². The number of benzene rings is 2. The van der Waals surface area contributed by atoms with E-state index in [4.69, 9.17) is 0 Å². The van der Waals surface area contributed by atoms with Gasteiger partial charge in [0.05, 0.1) is 5.56 Å². The molecule has 2 aromatic rings. The Kier molecular flexibility index (Phi) is 3.84. The number of rotatable bonds is 3. The van der Waals surface area contributed by atoms with Crippen LogP contribution in [0.4, 0.5) is 4.39 Å². The fourth-order valence-corrected chi connectivity index (χ4v) is 1.78. The van der Waals surface area contributed by atoms with Crippen molar-refractivity contribution < 1.29 is 19.4 Å². The van der Waals surface area contributed by atoms with Crippen molar-refractivity contribution in [2.75, 3.05) is 0 Å². The van der Waals surface area contributed by atoms with Gasteiger partial charge in [0.15, 0.2) is 5.78 Å². The summed E-state index contributed by atoms with van der Waals surface area (Å²) in [6, 6.07) is 9.88. The predicted octanol–water partition coefficient (Wildman–Crippen LogP) is 3.62. The second kappa shape index (κ2) is 5.57. The number of ketones is 1. The SMILES string of the molecule is Cc1ccc(O)c(C(=O)C=C(O)c2cccc(F)c2)c1. The Morgan fingerprint density at radius 3 is 2.65 bits per heavy atom. The molecule has 102 valence electrons. The van der Waals surface area contributed by atoms with E-state index in [0.717, 1.165) is 17.7 Å². The zero-order valence-electron chi connectivity index (χ0n) is 10.8. The molecule has 0 saturated heterocycles. The van der Waals surface area contributed by atoms with Crippen LogP contribution in [-0.4, -0.2) is 16.0 Å². The highest BCUT2D eigenvalue weighted by Crippen LogP contribution is 2.21. The lowest BCUT2D eigenvalue weighted by atomic mass is 10.0. The van der Waals surface area contributed by atoms with Crippen LogP contribution in [0, 0.1) is 12.7 Å². The molecule has 4 heteroatoms. The first kappa shape index (κ1) is 13.8. The van der Waals surface area contributed by atoms with Crippen LogP contribution in [0.2, 0.25) is 0 Å². The molecule has 2 N–H and O–H groups in total. The molecular formula is C16H13FO3. The second-order valence-corrected chi connectivity index (χ2v) is 4.42. The van der Waals surface area contributed by atoms with Gasteiger partial charge >= 0.3 is 0 Å². The fraction of sp³-hybridized carbons (Fsp3) is 0.0625. The van der Waals surface area contributed by atoms with E-state index in [0.29, 0.717) is 0 Å². The average molecular weight is 272 g/mol. The maximum absolute atomic E-state index is 13.0. The predicted molar refractivity (Wildman–Crippen MR) is 74.2 cm³/mol. The standard InChI is InChI=1S/C16H13FO3/c1-10-5-6-14(18)13(7-10)16(20)9-15(19)11-3-2-4-12(17)8-11/h2-9,18-19H,1H3. The Balaban J connectivity index is 2.34. The van der Waals surface area contributed by atoms with Crippen LogP contribution in [0.1, 0.15) is 21.5 Å². The highest BCUT2D eigenvalue weighted by Gasteiger charge is 2.11. The molecule has 0 spiro atoms. The van der Waals surface area contributed by atoms with Crippen LogP contribution in [0.5, 0.6) is 5.75 Å². The summed E-state index contributed by atoms with van der Waals surface area (Å²) in [4.78, 5) is 12.0. The largest absolute Gasteiger partial charge is 0.507 e. The third kappa shape index (κ3) is 3.03. The van der Waals surface area contributed by atoms with Crippen LogP contribution < -0.4 is 0 Å². The number of hydrogen-bond acceptors (Lipinski definition) is 3. The summed E-state index contributed by atoms with van der Waals surface area (Å²) in [6.07, 6.45) is 0.962. The van der Waals surface area contributed by atoms with Crippen molar-refractivity contribution in [3.63, 3.8) is 0 Å². The highest BCUT2D eigenvalue weighted by molar-refractivity contribution is 6.09. The lowest BCUT2D eigenvalue weighted by Crippen LogP contribution is -1.98. The van der Waals surface area contributed by atoms with Crippen molar-refractivity contribution in [1.29, 1.82) is 0 Å². The summed E-state index contributed by atoms with van der Waals surface area (Å²) in [6.45, 7) is 1.78. The van der Waals surface area contributed by atoms with E-state index in [9.17, 15) is 19.4 Å². The smallest absolute Gasteiger partial charge is 0.193 e. The molecule has 0 aliphatic carbocycles. The summed E-state index contributed by atoms with van der Waals surface area (Å²) < 4.78 is 13.0. The molecular weight excluding hydrogens is 259 g/mol. The molecule has 0 fully saturated rings. The number of aliphatic hydroxyl groups is 1. The van der Waals surface area contributed by atoms with Gasteiger partial charge in [-0.05, 0) is 31.2 Å². The highest BCUT2D eigenvalue weighted by atomic mass is 19.1. The van der Waals surface area contributed by atoms with Crippen LogP contribution in [-0.2, 0) is 0 Å². The summed E-state index contributed by atoms with van der Waals surface area (Å²) in [7, 11) is 0. The van der Waals surface area contributed by atoms with Crippen LogP contribution in [0.25, 0.3) is 5.76 Å². The van der Waals surface area contributed by atoms with E-state index in [2.05, 4.69) is 0 Å². The third-order valence-electron chi connectivity index (χ3n) is 2.81. The number of allylic oxidation sites excluding steroid dienone is 1. The van der Waals surface area contributed by atoms with E-state index in [-0.39, 0.29) is 22.6 Å². The van der Waals surface area contributed by atoms with Gasteiger partial charge in [-0.1, -0.05) is 23.8 Å². The van der Waals surface area contributed by atoms with Crippen molar-refractivity contribution in [1.82, 2.24) is 0 Å². The van der Waals surface area contributed by atoms with Crippen molar-refractivity contribution in [3.8, 4) is 5.75 Å². The number of aryl methyl sites for hydroxylation is 1. The molecule has 0 saturated carbocycles. The first-order valence-corrected chi connectivity index (χ1v) is 5.98. The van der Waals surface area contributed by atoms with Crippen molar-refractivity contribution in [2.24, 2.45) is 0 Å². The number of carbonyl (C=O) groups excluding carboxylic acids is 1. The first-order chi connectivity index (χ1) is 9.47. The van der Waals surface area contributed by atoms with Gasteiger partial charge in [-0.15, -0.1) is 0 Å². The van der Waals surface area contributed by atoms with Crippen LogP contribution in [0.3, 0.4) is 0 Å². The van der Waals surface area contributed by atoms with Gasteiger partial charge in [0.25, 0.3) is 0 Å². The quantitative estimate of drug-likeness (QED) is 0.509. The molecule has 0 atom stereocenters. The number of carbonyl (C=O) groups is 1. The summed E-state index contributed by atoms with van der Waals surface area (Å²) in [5.41, 5.74) is 1.10. The Labute approximate surface area is 115 Å². The van der Waals surface area contributed by atoms with Crippen LogP contribution >= 0.6 is 0 Å². The molecule has 0 aromatic heterocycles. The average Bonchev–Trinajstić information content (AvgIpc) is 2.41. The molecule has 0 amide bonds. The van der Waals surface area contributed by atoms with Gasteiger partial charge in [0.1, 0.15) is 17.3 Å². The van der Waals surface area contributed by atoms with Gasteiger partial charge in [-0.3, -0.25) is 4.79 Å². The molecule has 0 radical (unpaired) electrons. The van der Waals surface area contributed by atoms with Crippen molar-refractivity contribution in [2.45, 2.75) is 6.92 Å². The monoisotopic (exact) mass is 272 g/mol. The minimum atomic E-state index is -0.548. The topological polar surface area (TPSA) is 57.5 Å². The lowest BCUT2D eigenvalue weighted by molar-refractivity contribution is 0.104. The number of phenolic OH excluding ortho intramolecular Hbond substituents is 1. The molecule has 2 aromatic carbocycles. The zero-order valence-corrected chi connectivity index (χ0v) is 10.8. The number of halogens is 1. The van der Waals surface area contributed by atoms with E-state index >= 15 is 0 Å². The minimum Gasteiger partial charge on any atom is -0.507 e. The first-order valence-electron chi connectivity index (χ1n) is 5.98. The lowest BCUT2D eigenvalue weighted by Gasteiger charge is -2.04. The maximum Gasteiger partial charge on any atom is 0.193 e. The Morgan fingerprint density at radius 1 is 1.20 bits per heavy atom. The number of aromatic hydroxyl groups is 1.